The molecule has 0 aliphatic heterocycles. The molecule has 1 aromatic carbocycles. The first kappa shape index (κ1) is 11.5. The Morgan fingerprint density at radius 3 is 2.40 bits per heavy atom. The summed E-state index contributed by atoms with van der Waals surface area (Å²) in [7, 11) is 0. The minimum absolute atomic E-state index is 0.160. The van der Waals surface area contributed by atoms with Crippen LogP contribution in [-0.4, -0.2) is 17.5 Å². The molecule has 0 aromatic heterocycles. The van der Waals surface area contributed by atoms with E-state index in [1.165, 1.54) is 6.08 Å². The molecule has 0 unspecified atom stereocenters. The Morgan fingerprint density at radius 2 is 1.93 bits per heavy atom. The molecule has 0 aliphatic carbocycles. The molecular weight excluding hydrogens is 262 g/mol. The van der Waals surface area contributed by atoms with Gasteiger partial charge in [-0.25, -0.2) is 4.79 Å². The van der Waals surface area contributed by atoms with Crippen molar-refractivity contribution in [1.82, 2.24) is 5.32 Å². The zero-order chi connectivity index (χ0) is 11.3. The molecule has 0 fully saturated rings. The SMILES string of the molecule is O=CN/C(=C\c1ccc(Br)cc1)C(=O)O. The van der Waals surface area contributed by atoms with Gasteiger partial charge in [-0.3, -0.25) is 4.79 Å². The van der Waals surface area contributed by atoms with Crippen LogP contribution in [0.1, 0.15) is 5.56 Å². The summed E-state index contributed by atoms with van der Waals surface area (Å²) in [6.07, 6.45) is 1.71. The van der Waals surface area contributed by atoms with Crippen molar-refractivity contribution in [3.8, 4) is 0 Å². The lowest BCUT2D eigenvalue weighted by molar-refractivity contribution is -0.133. The predicted octanol–water partition coefficient (Wildman–Crippen LogP) is 1.62. The maximum absolute atomic E-state index is 10.7. The molecule has 1 amide bonds. The third-order valence-electron chi connectivity index (χ3n) is 1.63. The van der Waals surface area contributed by atoms with Gasteiger partial charge in [0.05, 0.1) is 0 Å². The van der Waals surface area contributed by atoms with Crippen LogP contribution in [0.15, 0.2) is 34.4 Å². The number of halogens is 1. The highest BCUT2D eigenvalue weighted by atomic mass is 79.9. The second-order valence-electron chi connectivity index (χ2n) is 2.68. The van der Waals surface area contributed by atoms with Crippen LogP contribution in [0.5, 0.6) is 0 Å². The van der Waals surface area contributed by atoms with Crippen LogP contribution in [0.2, 0.25) is 0 Å². The number of hydrogen-bond donors (Lipinski definition) is 2. The Morgan fingerprint density at radius 1 is 1.33 bits per heavy atom. The van der Waals surface area contributed by atoms with E-state index in [9.17, 15) is 9.59 Å². The molecule has 1 rings (SSSR count). The first-order valence-electron chi connectivity index (χ1n) is 4.04. The minimum Gasteiger partial charge on any atom is -0.477 e. The van der Waals surface area contributed by atoms with Crippen LogP contribution in [0.4, 0.5) is 0 Å². The number of nitrogens with one attached hydrogen (secondary N) is 1. The summed E-state index contributed by atoms with van der Waals surface area (Å²) in [4.78, 5) is 20.8. The van der Waals surface area contributed by atoms with Crippen LogP contribution < -0.4 is 5.32 Å². The lowest BCUT2D eigenvalue weighted by Crippen LogP contribution is -2.17. The van der Waals surface area contributed by atoms with Gasteiger partial charge in [0.2, 0.25) is 6.41 Å². The van der Waals surface area contributed by atoms with E-state index in [2.05, 4.69) is 21.2 Å². The smallest absolute Gasteiger partial charge is 0.352 e. The van der Waals surface area contributed by atoms with Crippen LogP contribution >= 0.6 is 15.9 Å². The molecule has 0 aliphatic rings. The maximum atomic E-state index is 10.7. The lowest BCUT2D eigenvalue weighted by atomic mass is 10.2. The Balaban J connectivity index is 2.96. The molecular formula is C10H8BrNO3. The highest BCUT2D eigenvalue weighted by Gasteiger charge is 2.05. The van der Waals surface area contributed by atoms with Gasteiger partial charge >= 0.3 is 5.97 Å². The van der Waals surface area contributed by atoms with E-state index in [1.807, 2.05) is 0 Å². The van der Waals surface area contributed by atoms with Gasteiger partial charge in [-0.2, -0.15) is 0 Å². The Kier molecular flexibility index (Phi) is 4.05. The van der Waals surface area contributed by atoms with E-state index in [0.717, 1.165) is 4.47 Å². The summed E-state index contributed by atoms with van der Waals surface area (Å²) in [5, 5.41) is 10.8. The van der Waals surface area contributed by atoms with Crippen molar-refractivity contribution in [2.45, 2.75) is 0 Å². The Labute approximate surface area is 94.7 Å². The molecule has 0 saturated carbocycles. The zero-order valence-corrected chi connectivity index (χ0v) is 9.19. The number of aliphatic carboxylic acids is 1. The second kappa shape index (κ2) is 5.31. The van der Waals surface area contributed by atoms with Gasteiger partial charge in [0, 0.05) is 4.47 Å². The molecule has 0 bridgehead atoms. The fraction of sp³-hybridized carbons (Fsp3) is 0. The van der Waals surface area contributed by atoms with E-state index in [0.29, 0.717) is 12.0 Å². The average molecular weight is 270 g/mol. The largest absolute Gasteiger partial charge is 0.477 e. The number of hydrogen-bond acceptors (Lipinski definition) is 2. The summed E-state index contributed by atoms with van der Waals surface area (Å²) in [6.45, 7) is 0. The Hall–Kier alpha value is -1.62. The summed E-state index contributed by atoms with van der Waals surface area (Å²) < 4.78 is 0.903. The third-order valence-corrected chi connectivity index (χ3v) is 2.15. The van der Waals surface area contributed by atoms with Crippen molar-refractivity contribution < 1.29 is 14.7 Å². The normalized spacial score (nSPS) is 10.9. The molecule has 4 nitrogen and oxygen atoms in total. The molecule has 0 spiro atoms. The van der Waals surface area contributed by atoms with Crippen molar-refractivity contribution in [2.75, 3.05) is 0 Å². The van der Waals surface area contributed by atoms with E-state index < -0.39 is 5.97 Å². The van der Waals surface area contributed by atoms with Gasteiger partial charge < -0.3 is 10.4 Å². The predicted molar refractivity (Wildman–Crippen MR) is 59.0 cm³/mol. The Bertz CT molecular complexity index is 398. The molecule has 0 saturated heterocycles. The van der Waals surface area contributed by atoms with Crippen LogP contribution in [-0.2, 0) is 9.59 Å². The fourth-order valence-corrected chi connectivity index (χ4v) is 1.22. The molecule has 0 atom stereocenters. The van der Waals surface area contributed by atoms with E-state index in [4.69, 9.17) is 5.11 Å². The van der Waals surface area contributed by atoms with Gasteiger partial charge in [-0.05, 0) is 23.8 Å². The first-order chi connectivity index (χ1) is 7.13. The standard InChI is InChI=1S/C10H8BrNO3/c11-8-3-1-7(2-4-8)5-9(10(14)15)12-6-13/h1-6H,(H,12,13)(H,14,15)/b9-5-. The number of benzene rings is 1. The van der Waals surface area contributed by atoms with E-state index >= 15 is 0 Å². The molecule has 78 valence electrons. The van der Waals surface area contributed by atoms with Crippen molar-refractivity contribution in [3.63, 3.8) is 0 Å². The number of rotatable bonds is 4. The quantitative estimate of drug-likeness (QED) is 0.645. The van der Waals surface area contributed by atoms with Crippen LogP contribution in [0.3, 0.4) is 0 Å². The van der Waals surface area contributed by atoms with Gasteiger partial charge in [0.1, 0.15) is 5.70 Å². The van der Waals surface area contributed by atoms with Crippen molar-refractivity contribution in [2.24, 2.45) is 0 Å². The van der Waals surface area contributed by atoms with Crippen molar-refractivity contribution >= 4 is 34.4 Å². The van der Waals surface area contributed by atoms with Crippen LogP contribution in [0.25, 0.3) is 6.08 Å². The second-order valence-corrected chi connectivity index (χ2v) is 3.59. The summed E-state index contributed by atoms with van der Waals surface area (Å²) in [6, 6.07) is 7.04. The van der Waals surface area contributed by atoms with Crippen LogP contribution in [0, 0.1) is 0 Å². The topological polar surface area (TPSA) is 66.4 Å². The first-order valence-corrected chi connectivity index (χ1v) is 4.83. The molecule has 0 radical (unpaired) electrons. The number of amides is 1. The molecule has 5 heteroatoms. The van der Waals surface area contributed by atoms with Gasteiger partial charge in [-0.1, -0.05) is 28.1 Å². The number of carboxylic acids is 1. The van der Waals surface area contributed by atoms with E-state index in [-0.39, 0.29) is 5.70 Å². The minimum atomic E-state index is -1.18. The lowest BCUT2D eigenvalue weighted by Gasteiger charge is -1.99. The van der Waals surface area contributed by atoms with Crippen molar-refractivity contribution in [1.29, 1.82) is 0 Å². The highest BCUT2D eigenvalue weighted by molar-refractivity contribution is 9.10. The van der Waals surface area contributed by atoms with Crippen molar-refractivity contribution in [3.05, 3.63) is 40.0 Å². The molecule has 1 aromatic rings. The maximum Gasteiger partial charge on any atom is 0.352 e. The molecule has 15 heavy (non-hydrogen) atoms. The summed E-state index contributed by atoms with van der Waals surface area (Å²) in [5.74, 6) is -1.18. The van der Waals surface area contributed by atoms with Gasteiger partial charge in [-0.15, -0.1) is 0 Å². The molecule has 0 heterocycles. The summed E-state index contributed by atoms with van der Waals surface area (Å²) in [5.41, 5.74) is 0.539. The van der Waals surface area contributed by atoms with Gasteiger partial charge in [0.15, 0.2) is 0 Å². The highest BCUT2D eigenvalue weighted by Crippen LogP contribution is 2.12. The molecule has 2 N–H and O–H groups in total. The van der Waals surface area contributed by atoms with E-state index in [1.54, 1.807) is 24.3 Å². The monoisotopic (exact) mass is 269 g/mol. The number of carbonyl (C=O) groups excluding carboxylic acids is 1. The summed E-state index contributed by atoms with van der Waals surface area (Å²) >= 11 is 3.26. The van der Waals surface area contributed by atoms with Gasteiger partial charge in [0.25, 0.3) is 0 Å². The third kappa shape index (κ3) is 3.55. The number of carbonyl (C=O) groups is 2. The average Bonchev–Trinajstić information content (AvgIpc) is 2.20. The fourth-order valence-electron chi connectivity index (χ4n) is 0.954. The number of carboxylic acid groups (broad SMARTS) is 1. The zero-order valence-electron chi connectivity index (χ0n) is 7.61.